The van der Waals surface area contributed by atoms with Gasteiger partial charge in [-0.05, 0) is 48.9 Å². The lowest BCUT2D eigenvalue weighted by Gasteiger charge is -2.08. The Bertz CT molecular complexity index is 875. The maximum absolute atomic E-state index is 10.9. The van der Waals surface area contributed by atoms with E-state index < -0.39 is 34.6 Å². The van der Waals surface area contributed by atoms with Crippen molar-refractivity contribution in [2.24, 2.45) is 0 Å². The number of hydrogen-bond acceptors (Lipinski definition) is 6. The van der Waals surface area contributed by atoms with Crippen molar-refractivity contribution in [2.75, 3.05) is 0 Å². The summed E-state index contributed by atoms with van der Waals surface area (Å²) < 4.78 is 0. The molecule has 6 N–H and O–H groups in total. The van der Waals surface area contributed by atoms with Gasteiger partial charge in [0.1, 0.15) is 34.1 Å². The quantitative estimate of drug-likeness (QED) is 0.209. The van der Waals surface area contributed by atoms with Gasteiger partial charge in [0.2, 0.25) is 0 Å². The summed E-state index contributed by atoms with van der Waals surface area (Å²) in [6, 6.07) is 5.78. The summed E-state index contributed by atoms with van der Waals surface area (Å²) in [7, 11) is 0. The zero-order valence-electron chi connectivity index (χ0n) is 19.9. The van der Waals surface area contributed by atoms with E-state index in [2.05, 4.69) is 13.8 Å². The lowest BCUT2D eigenvalue weighted by Crippen LogP contribution is -2.00. The van der Waals surface area contributed by atoms with Crippen molar-refractivity contribution in [1.29, 1.82) is 0 Å². The largest absolute Gasteiger partial charge is 0.507 e. The maximum atomic E-state index is 10.9. The van der Waals surface area contributed by atoms with Crippen molar-refractivity contribution in [1.82, 2.24) is 0 Å². The first-order valence-electron chi connectivity index (χ1n) is 11.7. The molecule has 2 aromatic carbocycles. The number of hydrogen-bond donors (Lipinski definition) is 6. The van der Waals surface area contributed by atoms with Crippen molar-refractivity contribution in [3.8, 4) is 23.0 Å². The molecule has 0 heterocycles. The maximum Gasteiger partial charge on any atom is 0.343 e. The number of aromatic hydroxyl groups is 4. The Hall–Kier alpha value is -3.42. The van der Waals surface area contributed by atoms with Crippen LogP contribution >= 0.6 is 0 Å². The van der Waals surface area contributed by atoms with Gasteiger partial charge in [-0.2, -0.15) is 0 Å². The van der Waals surface area contributed by atoms with Gasteiger partial charge in [0, 0.05) is 0 Å². The molecule has 0 aliphatic heterocycles. The molecule has 8 heteroatoms. The predicted octanol–water partition coefficient (Wildman–Crippen LogP) is 5.84. The molecule has 2 aromatic rings. The minimum Gasteiger partial charge on any atom is -0.507 e. The SMILES string of the molecule is CCCCCCc1ccc(O)c(C(=O)O)c1O.CCCCCCc1ccc(O)c(C(=O)O)c1O. The smallest absolute Gasteiger partial charge is 0.343 e. The van der Waals surface area contributed by atoms with Crippen molar-refractivity contribution in [2.45, 2.75) is 78.1 Å². The molecule has 0 aromatic heterocycles. The van der Waals surface area contributed by atoms with Crippen molar-refractivity contribution in [3.63, 3.8) is 0 Å². The number of aromatic carboxylic acids is 2. The summed E-state index contributed by atoms with van der Waals surface area (Å²) in [5, 5.41) is 55.9. The number of benzene rings is 2. The summed E-state index contributed by atoms with van der Waals surface area (Å²) in [5.74, 6) is -4.03. The molecular formula is C26H36O8. The number of aryl methyl sites for hydroxylation is 2. The molecule has 2 rings (SSSR count). The average Bonchev–Trinajstić information content (AvgIpc) is 2.77. The molecule has 0 radical (unpaired) electrons. The van der Waals surface area contributed by atoms with Gasteiger partial charge in [-0.3, -0.25) is 0 Å². The van der Waals surface area contributed by atoms with E-state index in [1.54, 1.807) is 12.1 Å². The Morgan fingerprint density at radius 2 is 0.941 bits per heavy atom. The molecule has 0 saturated carbocycles. The standard InChI is InChI=1S/2C13H18O4/c2*1-2-3-4-5-6-9-7-8-10(14)11(12(9)15)13(16)17/h2*7-8,14-15H,2-6H2,1H3,(H,16,17). The minimum absolute atomic E-state index is 0.311. The van der Waals surface area contributed by atoms with Crippen molar-refractivity contribution >= 4 is 11.9 Å². The second-order valence-electron chi connectivity index (χ2n) is 8.17. The monoisotopic (exact) mass is 476 g/mol. The Balaban J connectivity index is 0.000000340. The van der Waals surface area contributed by atoms with Crippen LogP contribution in [-0.2, 0) is 12.8 Å². The highest BCUT2D eigenvalue weighted by molar-refractivity contribution is 5.95. The first kappa shape index (κ1) is 28.6. The lowest BCUT2D eigenvalue weighted by atomic mass is 10.0. The van der Waals surface area contributed by atoms with Gasteiger partial charge in [-0.1, -0.05) is 64.5 Å². The third-order valence-corrected chi connectivity index (χ3v) is 5.51. The number of phenols is 4. The third kappa shape index (κ3) is 8.50. The van der Waals surface area contributed by atoms with Gasteiger partial charge >= 0.3 is 11.9 Å². The van der Waals surface area contributed by atoms with Gasteiger partial charge < -0.3 is 30.6 Å². The summed E-state index contributed by atoms with van der Waals surface area (Å²) >= 11 is 0. The van der Waals surface area contributed by atoms with E-state index in [1.807, 2.05) is 0 Å². The fourth-order valence-corrected chi connectivity index (χ4v) is 3.56. The van der Waals surface area contributed by atoms with Crippen LogP contribution in [0, 0.1) is 0 Å². The highest BCUT2D eigenvalue weighted by Gasteiger charge is 2.19. The summed E-state index contributed by atoms with van der Waals surface area (Å²) in [6.45, 7) is 4.22. The normalized spacial score (nSPS) is 10.4. The summed E-state index contributed by atoms with van der Waals surface area (Å²) in [5.41, 5.74) is 0.351. The molecule has 0 fully saturated rings. The molecule has 0 atom stereocenters. The highest BCUT2D eigenvalue weighted by Crippen LogP contribution is 2.32. The van der Waals surface area contributed by atoms with Crippen molar-refractivity contribution < 1.29 is 40.2 Å². The molecule has 0 amide bonds. The number of unbranched alkanes of at least 4 members (excludes halogenated alkanes) is 6. The minimum atomic E-state index is -1.31. The molecule has 0 bridgehead atoms. The molecule has 188 valence electrons. The zero-order chi connectivity index (χ0) is 25.7. The number of rotatable bonds is 12. The van der Waals surface area contributed by atoms with Crippen molar-refractivity contribution in [3.05, 3.63) is 46.5 Å². The van der Waals surface area contributed by atoms with Crippen LogP contribution < -0.4 is 0 Å². The lowest BCUT2D eigenvalue weighted by molar-refractivity contribution is 0.0678. The number of carbonyl (C=O) groups is 2. The molecule has 0 unspecified atom stereocenters. The van der Waals surface area contributed by atoms with E-state index in [4.69, 9.17) is 10.2 Å². The van der Waals surface area contributed by atoms with Gasteiger partial charge in [0.15, 0.2) is 0 Å². The molecule has 0 spiro atoms. The number of carboxylic acids is 2. The van der Waals surface area contributed by atoms with Gasteiger partial charge in [0.25, 0.3) is 0 Å². The molecule has 8 nitrogen and oxygen atoms in total. The van der Waals surface area contributed by atoms with Crippen LogP contribution in [0.25, 0.3) is 0 Å². The Morgan fingerprint density at radius 1 is 0.588 bits per heavy atom. The van der Waals surface area contributed by atoms with Crippen LogP contribution in [0.5, 0.6) is 23.0 Å². The Morgan fingerprint density at radius 3 is 1.24 bits per heavy atom. The Labute approximate surface area is 200 Å². The van der Waals surface area contributed by atoms with E-state index in [1.165, 1.54) is 12.1 Å². The van der Waals surface area contributed by atoms with Crippen LogP contribution in [0.2, 0.25) is 0 Å². The van der Waals surface area contributed by atoms with Crippen LogP contribution in [0.4, 0.5) is 0 Å². The van der Waals surface area contributed by atoms with E-state index in [0.717, 1.165) is 51.4 Å². The van der Waals surface area contributed by atoms with E-state index in [9.17, 15) is 30.0 Å². The fourth-order valence-electron chi connectivity index (χ4n) is 3.56. The first-order chi connectivity index (χ1) is 16.1. The van der Waals surface area contributed by atoms with Gasteiger partial charge in [0.05, 0.1) is 0 Å². The Kier molecular flexibility index (Phi) is 12.3. The second-order valence-corrected chi connectivity index (χ2v) is 8.17. The van der Waals surface area contributed by atoms with E-state index in [0.29, 0.717) is 24.0 Å². The van der Waals surface area contributed by atoms with E-state index >= 15 is 0 Å². The van der Waals surface area contributed by atoms with Crippen LogP contribution in [0.3, 0.4) is 0 Å². The van der Waals surface area contributed by atoms with Crippen LogP contribution in [0.1, 0.15) is 97.1 Å². The third-order valence-electron chi connectivity index (χ3n) is 5.51. The van der Waals surface area contributed by atoms with Crippen LogP contribution in [-0.4, -0.2) is 42.6 Å². The second kappa shape index (κ2) is 14.7. The molecular weight excluding hydrogens is 440 g/mol. The van der Waals surface area contributed by atoms with E-state index in [-0.39, 0.29) is 11.5 Å². The predicted molar refractivity (Wildman–Crippen MR) is 129 cm³/mol. The van der Waals surface area contributed by atoms with Gasteiger partial charge in [-0.15, -0.1) is 0 Å². The first-order valence-corrected chi connectivity index (χ1v) is 11.7. The molecule has 0 aliphatic rings. The molecule has 0 saturated heterocycles. The highest BCUT2D eigenvalue weighted by atomic mass is 16.4. The van der Waals surface area contributed by atoms with Gasteiger partial charge in [-0.25, -0.2) is 9.59 Å². The molecule has 0 aliphatic carbocycles. The summed E-state index contributed by atoms with van der Waals surface area (Å²) in [6.07, 6.45) is 9.70. The average molecular weight is 477 g/mol. The van der Waals surface area contributed by atoms with Crippen LogP contribution in [0.15, 0.2) is 24.3 Å². The number of carboxylic acid groups (broad SMARTS) is 2. The summed E-state index contributed by atoms with van der Waals surface area (Å²) in [4.78, 5) is 21.7. The fraction of sp³-hybridized carbons (Fsp3) is 0.462. The molecule has 34 heavy (non-hydrogen) atoms. The topological polar surface area (TPSA) is 156 Å². The zero-order valence-corrected chi connectivity index (χ0v) is 19.9.